The lowest BCUT2D eigenvalue weighted by Gasteiger charge is -2.12. The molecule has 0 saturated heterocycles. The summed E-state index contributed by atoms with van der Waals surface area (Å²) in [6.07, 6.45) is 1.49. The summed E-state index contributed by atoms with van der Waals surface area (Å²) in [6.45, 7) is 5.11. The Morgan fingerprint density at radius 2 is 2.00 bits per heavy atom. The zero-order valence-corrected chi connectivity index (χ0v) is 11.6. The first-order chi connectivity index (χ1) is 9.15. The van der Waals surface area contributed by atoms with Crippen molar-refractivity contribution in [1.29, 1.82) is 0 Å². The molecule has 0 spiro atoms. The van der Waals surface area contributed by atoms with Crippen LogP contribution in [0.3, 0.4) is 0 Å². The summed E-state index contributed by atoms with van der Waals surface area (Å²) < 4.78 is 10.4. The Bertz CT molecular complexity index is 572. The van der Waals surface area contributed by atoms with Crippen molar-refractivity contribution < 1.29 is 9.47 Å². The molecule has 0 unspecified atom stereocenters. The van der Waals surface area contributed by atoms with E-state index in [0.29, 0.717) is 23.2 Å². The van der Waals surface area contributed by atoms with Crippen molar-refractivity contribution >= 4 is 16.9 Å². The molecular weight excluding hydrogens is 244 g/mol. The van der Waals surface area contributed by atoms with Crippen molar-refractivity contribution in [2.24, 2.45) is 5.92 Å². The predicted molar refractivity (Wildman–Crippen MR) is 73.8 cm³/mol. The van der Waals surface area contributed by atoms with Crippen LogP contribution in [0.5, 0.6) is 11.6 Å². The highest BCUT2D eigenvalue weighted by atomic mass is 16.5. The van der Waals surface area contributed by atoms with Crippen LogP contribution >= 0.6 is 0 Å². The second-order valence-corrected chi connectivity index (χ2v) is 4.57. The molecule has 102 valence electrons. The standard InChI is InChI=1S/C13H18N4O2/c1-8(2)6-14-11-9-5-10(18-3)13(19-4)17-12(9)16-7-15-11/h5,7-8H,6H2,1-4H3,(H,14,15,16,17). The number of aromatic nitrogens is 3. The van der Waals surface area contributed by atoms with Crippen LogP contribution in [0.25, 0.3) is 11.0 Å². The van der Waals surface area contributed by atoms with Gasteiger partial charge in [0.05, 0.1) is 19.6 Å². The maximum absolute atomic E-state index is 5.25. The van der Waals surface area contributed by atoms with Crippen molar-refractivity contribution in [2.45, 2.75) is 13.8 Å². The molecule has 6 nitrogen and oxygen atoms in total. The Hall–Kier alpha value is -2.11. The van der Waals surface area contributed by atoms with Gasteiger partial charge in [-0.25, -0.2) is 9.97 Å². The molecule has 0 aromatic carbocycles. The van der Waals surface area contributed by atoms with E-state index >= 15 is 0 Å². The minimum Gasteiger partial charge on any atom is -0.491 e. The lowest BCUT2D eigenvalue weighted by Crippen LogP contribution is -2.10. The summed E-state index contributed by atoms with van der Waals surface area (Å²) in [5.41, 5.74) is 0.582. The summed E-state index contributed by atoms with van der Waals surface area (Å²) in [6, 6.07) is 1.84. The van der Waals surface area contributed by atoms with Gasteiger partial charge in [0.2, 0.25) is 0 Å². The highest BCUT2D eigenvalue weighted by Gasteiger charge is 2.12. The highest BCUT2D eigenvalue weighted by molar-refractivity contribution is 5.88. The average molecular weight is 262 g/mol. The zero-order chi connectivity index (χ0) is 13.8. The number of methoxy groups -OCH3 is 2. The van der Waals surface area contributed by atoms with Gasteiger partial charge in [0.25, 0.3) is 5.88 Å². The normalized spacial score (nSPS) is 10.8. The molecule has 0 saturated carbocycles. The second kappa shape index (κ2) is 5.69. The molecule has 2 heterocycles. The summed E-state index contributed by atoms with van der Waals surface area (Å²) >= 11 is 0. The molecule has 0 aliphatic rings. The van der Waals surface area contributed by atoms with E-state index in [1.807, 2.05) is 6.07 Å². The number of nitrogens with zero attached hydrogens (tertiary/aromatic N) is 3. The molecule has 2 aromatic heterocycles. The molecule has 0 amide bonds. The summed E-state index contributed by atoms with van der Waals surface area (Å²) in [4.78, 5) is 12.7. The van der Waals surface area contributed by atoms with Gasteiger partial charge in [-0.15, -0.1) is 0 Å². The first-order valence-corrected chi connectivity index (χ1v) is 6.13. The smallest absolute Gasteiger partial charge is 0.258 e. The van der Waals surface area contributed by atoms with Gasteiger partial charge < -0.3 is 14.8 Å². The monoisotopic (exact) mass is 262 g/mol. The third-order valence-electron chi connectivity index (χ3n) is 2.65. The summed E-state index contributed by atoms with van der Waals surface area (Å²) in [5, 5.41) is 4.11. The molecule has 6 heteroatoms. The molecule has 0 aliphatic carbocycles. The molecule has 0 bridgehead atoms. The van der Waals surface area contributed by atoms with Crippen LogP contribution < -0.4 is 14.8 Å². The second-order valence-electron chi connectivity index (χ2n) is 4.57. The summed E-state index contributed by atoms with van der Waals surface area (Å²) in [5.74, 6) is 2.27. The number of pyridine rings is 1. The van der Waals surface area contributed by atoms with Gasteiger partial charge in [0, 0.05) is 12.6 Å². The van der Waals surface area contributed by atoms with Gasteiger partial charge in [0.1, 0.15) is 12.1 Å². The van der Waals surface area contributed by atoms with Crippen LogP contribution in [-0.4, -0.2) is 35.7 Å². The number of hydrogen-bond donors (Lipinski definition) is 1. The van der Waals surface area contributed by atoms with E-state index in [1.165, 1.54) is 6.33 Å². The van der Waals surface area contributed by atoms with Crippen LogP contribution in [0.4, 0.5) is 5.82 Å². The van der Waals surface area contributed by atoms with E-state index in [9.17, 15) is 0 Å². The lowest BCUT2D eigenvalue weighted by atomic mass is 10.2. The first kappa shape index (κ1) is 13.3. The van der Waals surface area contributed by atoms with E-state index in [4.69, 9.17) is 9.47 Å². The molecule has 0 radical (unpaired) electrons. The number of rotatable bonds is 5. The molecule has 0 fully saturated rings. The minimum absolute atomic E-state index is 0.420. The van der Waals surface area contributed by atoms with E-state index in [2.05, 4.69) is 34.1 Å². The fourth-order valence-corrected chi connectivity index (χ4v) is 1.69. The number of nitrogens with one attached hydrogen (secondary N) is 1. The largest absolute Gasteiger partial charge is 0.491 e. The molecule has 19 heavy (non-hydrogen) atoms. The SMILES string of the molecule is COc1cc2c(NCC(C)C)ncnc2nc1OC. The summed E-state index contributed by atoms with van der Waals surface area (Å²) in [7, 11) is 3.13. The Morgan fingerprint density at radius 3 is 2.63 bits per heavy atom. The molecule has 1 N–H and O–H groups in total. The molecule has 0 atom stereocenters. The number of hydrogen-bond acceptors (Lipinski definition) is 6. The van der Waals surface area contributed by atoms with Crippen LogP contribution in [0.2, 0.25) is 0 Å². The quantitative estimate of drug-likeness (QED) is 0.890. The zero-order valence-electron chi connectivity index (χ0n) is 11.6. The molecule has 2 aromatic rings. The highest BCUT2D eigenvalue weighted by Crippen LogP contribution is 2.30. The van der Waals surface area contributed by atoms with Crippen molar-refractivity contribution in [3.05, 3.63) is 12.4 Å². The molecular formula is C13H18N4O2. The van der Waals surface area contributed by atoms with Crippen molar-refractivity contribution in [3.8, 4) is 11.6 Å². The fourth-order valence-electron chi connectivity index (χ4n) is 1.69. The Morgan fingerprint density at radius 1 is 1.21 bits per heavy atom. The number of fused-ring (bicyclic) bond motifs is 1. The molecule has 0 aliphatic heterocycles. The van der Waals surface area contributed by atoms with Crippen LogP contribution in [0.1, 0.15) is 13.8 Å². The van der Waals surface area contributed by atoms with Gasteiger partial charge >= 0.3 is 0 Å². The van der Waals surface area contributed by atoms with E-state index in [0.717, 1.165) is 17.7 Å². The first-order valence-electron chi connectivity index (χ1n) is 6.13. The Labute approximate surface area is 112 Å². The Balaban J connectivity index is 2.48. The van der Waals surface area contributed by atoms with Gasteiger partial charge in [-0.2, -0.15) is 4.98 Å². The van der Waals surface area contributed by atoms with E-state index in [1.54, 1.807) is 14.2 Å². The van der Waals surface area contributed by atoms with Crippen molar-refractivity contribution in [3.63, 3.8) is 0 Å². The van der Waals surface area contributed by atoms with E-state index in [-0.39, 0.29) is 0 Å². The van der Waals surface area contributed by atoms with Crippen LogP contribution in [0, 0.1) is 5.92 Å². The van der Waals surface area contributed by atoms with Gasteiger partial charge in [-0.1, -0.05) is 13.8 Å². The van der Waals surface area contributed by atoms with Gasteiger partial charge in [0.15, 0.2) is 11.4 Å². The topological polar surface area (TPSA) is 69.2 Å². The third-order valence-corrected chi connectivity index (χ3v) is 2.65. The average Bonchev–Trinajstić information content (AvgIpc) is 2.43. The number of anilines is 1. The third kappa shape index (κ3) is 2.83. The fraction of sp³-hybridized carbons (Fsp3) is 0.462. The van der Waals surface area contributed by atoms with Crippen molar-refractivity contribution in [1.82, 2.24) is 15.0 Å². The van der Waals surface area contributed by atoms with Crippen LogP contribution in [-0.2, 0) is 0 Å². The maximum atomic E-state index is 5.25. The number of ether oxygens (including phenoxy) is 2. The van der Waals surface area contributed by atoms with Crippen molar-refractivity contribution in [2.75, 3.05) is 26.1 Å². The van der Waals surface area contributed by atoms with Gasteiger partial charge in [-0.05, 0) is 5.92 Å². The van der Waals surface area contributed by atoms with E-state index < -0.39 is 0 Å². The predicted octanol–water partition coefficient (Wildman–Crippen LogP) is 2.11. The van der Waals surface area contributed by atoms with Gasteiger partial charge in [-0.3, -0.25) is 0 Å². The maximum Gasteiger partial charge on any atom is 0.258 e. The molecule has 2 rings (SSSR count). The lowest BCUT2D eigenvalue weighted by molar-refractivity contribution is 0.344. The van der Waals surface area contributed by atoms with Crippen LogP contribution in [0.15, 0.2) is 12.4 Å². The Kier molecular flexibility index (Phi) is 3.99. The minimum atomic E-state index is 0.420.